The molecule has 0 atom stereocenters. The Kier molecular flexibility index (Phi) is 5.28. The Morgan fingerprint density at radius 2 is 1.41 bits per heavy atom. The molecule has 0 N–H and O–H groups in total. The average Bonchev–Trinajstić information content (AvgIpc) is 3.20. The Morgan fingerprint density at radius 1 is 0.730 bits per heavy atom. The zero-order chi connectivity index (χ0) is 25.9. The number of fused-ring (bicyclic) bond motifs is 5. The highest BCUT2D eigenvalue weighted by molar-refractivity contribution is 6.07. The van der Waals surface area contributed by atoms with Gasteiger partial charge in [0.25, 0.3) is 0 Å². The number of nitrogens with zero attached hydrogens (tertiary/aromatic N) is 2. The van der Waals surface area contributed by atoms with Crippen LogP contribution in [0.1, 0.15) is 38.8 Å². The highest BCUT2D eigenvalue weighted by Gasteiger charge is 2.44. The summed E-state index contributed by atoms with van der Waals surface area (Å²) in [6.07, 6.45) is 11.1. The highest BCUT2D eigenvalue weighted by Crippen LogP contribution is 2.48. The van der Waals surface area contributed by atoms with Gasteiger partial charge in [0.2, 0.25) is 5.69 Å². The second-order valence-electron chi connectivity index (χ2n) is 11.4. The molecule has 184 valence electrons. The van der Waals surface area contributed by atoms with E-state index in [0.29, 0.717) is 0 Å². The van der Waals surface area contributed by atoms with Gasteiger partial charge in [0.1, 0.15) is 7.05 Å². The quantitative estimate of drug-likeness (QED) is 0.209. The molecule has 0 aliphatic carbocycles. The first kappa shape index (κ1) is 23.5. The summed E-state index contributed by atoms with van der Waals surface area (Å²) in [5.74, 6) is 0. The molecule has 0 bridgehead atoms. The van der Waals surface area contributed by atoms with E-state index in [1.807, 2.05) is 0 Å². The third kappa shape index (κ3) is 3.50. The van der Waals surface area contributed by atoms with Crippen molar-refractivity contribution in [2.45, 2.75) is 38.5 Å². The van der Waals surface area contributed by atoms with Crippen molar-refractivity contribution in [3.8, 4) is 0 Å². The van der Waals surface area contributed by atoms with E-state index in [9.17, 15) is 0 Å². The number of likely N-dealkylation sites (N-methyl/N-ethyl adjacent to an activating group) is 1. The third-order valence-corrected chi connectivity index (χ3v) is 8.53. The summed E-state index contributed by atoms with van der Waals surface area (Å²) in [6.45, 7) is 9.33. The Morgan fingerprint density at radius 3 is 2.16 bits per heavy atom. The first-order valence-corrected chi connectivity index (χ1v) is 13.2. The number of benzene rings is 4. The average molecular weight is 484 g/mol. The van der Waals surface area contributed by atoms with Gasteiger partial charge in [-0.3, -0.25) is 0 Å². The lowest BCUT2D eigenvalue weighted by Gasteiger charge is -2.23. The molecule has 4 aromatic rings. The molecule has 0 spiro atoms. The molecule has 0 aromatic heterocycles. The minimum Gasteiger partial charge on any atom is -0.347 e. The van der Waals surface area contributed by atoms with Gasteiger partial charge in [-0.05, 0) is 65.2 Å². The van der Waals surface area contributed by atoms with Crippen molar-refractivity contribution in [3.63, 3.8) is 0 Å². The first-order chi connectivity index (χ1) is 17.7. The fourth-order valence-corrected chi connectivity index (χ4v) is 6.56. The van der Waals surface area contributed by atoms with Crippen molar-refractivity contribution in [1.82, 2.24) is 0 Å². The molecule has 0 saturated carbocycles. The molecule has 4 aromatic carbocycles. The maximum atomic E-state index is 2.36. The van der Waals surface area contributed by atoms with Crippen LogP contribution in [0.3, 0.4) is 0 Å². The van der Waals surface area contributed by atoms with Crippen molar-refractivity contribution < 1.29 is 4.58 Å². The minimum atomic E-state index is -0.0644. The van der Waals surface area contributed by atoms with Crippen molar-refractivity contribution >= 4 is 38.6 Å². The number of rotatable bonds is 3. The molecular weight excluding hydrogens is 448 g/mol. The standard InChI is InChI=1S/C35H35N2/c1-34(2)28-22-25-15-10-11-16-26(25)23-30(28)37(6)31(34)18-8-7-9-19-32-35(3,4)33-27-17-13-12-14-24(27)20-21-29(33)36(32)5/h7-23H,1-6H3/q+1. The van der Waals surface area contributed by atoms with Gasteiger partial charge in [-0.15, -0.1) is 0 Å². The highest BCUT2D eigenvalue weighted by atomic mass is 15.2. The molecule has 6 rings (SSSR count). The van der Waals surface area contributed by atoms with Crippen molar-refractivity contribution in [1.29, 1.82) is 0 Å². The van der Waals surface area contributed by atoms with Crippen LogP contribution in [0.25, 0.3) is 21.5 Å². The maximum Gasteiger partial charge on any atom is 0.210 e. The second kappa shape index (κ2) is 8.31. The molecule has 2 aliphatic heterocycles. The summed E-state index contributed by atoms with van der Waals surface area (Å²) >= 11 is 0. The van der Waals surface area contributed by atoms with Crippen molar-refractivity contribution in [2.75, 3.05) is 19.0 Å². The Hall–Kier alpha value is -3.91. The molecule has 2 aliphatic rings. The van der Waals surface area contributed by atoms with Crippen LogP contribution < -0.4 is 4.90 Å². The van der Waals surface area contributed by atoms with E-state index < -0.39 is 0 Å². The van der Waals surface area contributed by atoms with Crippen molar-refractivity contribution in [2.24, 2.45) is 0 Å². The lowest BCUT2D eigenvalue weighted by Crippen LogP contribution is -2.26. The number of anilines is 1. The smallest absolute Gasteiger partial charge is 0.210 e. The molecule has 37 heavy (non-hydrogen) atoms. The van der Waals surface area contributed by atoms with Gasteiger partial charge in [0.05, 0.1) is 5.41 Å². The lowest BCUT2D eigenvalue weighted by molar-refractivity contribution is -0.401. The van der Waals surface area contributed by atoms with Crippen LogP contribution in [-0.2, 0) is 10.8 Å². The lowest BCUT2D eigenvalue weighted by atomic mass is 9.79. The third-order valence-electron chi connectivity index (χ3n) is 8.53. The number of hydrogen-bond acceptors (Lipinski definition) is 1. The summed E-state index contributed by atoms with van der Waals surface area (Å²) in [5, 5.41) is 5.24. The topological polar surface area (TPSA) is 6.25 Å². The molecule has 2 heteroatoms. The molecular formula is C35H35N2+. The normalized spacial score (nSPS) is 19.2. The van der Waals surface area contributed by atoms with Crippen LogP contribution in [0.15, 0.2) is 109 Å². The number of hydrogen-bond donors (Lipinski definition) is 0. The molecule has 0 unspecified atom stereocenters. The van der Waals surface area contributed by atoms with Crippen LogP contribution in [0.2, 0.25) is 0 Å². The van der Waals surface area contributed by atoms with Crippen LogP contribution in [0.4, 0.5) is 11.4 Å². The van der Waals surface area contributed by atoms with Gasteiger partial charge in [0, 0.05) is 41.6 Å². The SMILES string of the molecule is CN1C(=CC=CC=CC2=[N+](C)c3ccc4ccccc4c3C2(C)C)C(C)(C)c2cc3ccccc3cc21. The van der Waals surface area contributed by atoms with Crippen LogP contribution in [0, 0.1) is 0 Å². The predicted octanol–water partition coefficient (Wildman–Crippen LogP) is 8.42. The minimum absolute atomic E-state index is 0.0483. The van der Waals surface area contributed by atoms with E-state index in [2.05, 4.69) is 154 Å². The number of allylic oxidation sites excluding steroid dienone is 6. The van der Waals surface area contributed by atoms with Gasteiger partial charge in [-0.25, -0.2) is 0 Å². The van der Waals surface area contributed by atoms with Gasteiger partial charge in [-0.1, -0.05) is 80.6 Å². The van der Waals surface area contributed by atoms with Crippen LogP contribution >= 0.6 is 0 Å². The first-order valence-electron chi connectivity index (χ1n) is 13.2. The maximum absolute atomic E-state index is 2.36. The summed E-state index contributed by atoms with van der Waals surface area (Å²) < 4.78 is 2.35. The molecule has 2 heterocycles. The molecule has 0 radical (unpaired) electrons. The predicted molar refractivity (Wildman–Crippen MR) is 160 cm³/mol. The van der Waals surface area contributed by atoms with E-state index >= 15 is 0 Å². The fourth-order valence-electron chi connectivity index (χ4n) is 6.56. The Bertz CT molecular complexity index is 1690. The summed E-state index contributed by atoms with van der Waals surface area (Å²) in [7, 11) is 4.37. The summed E-state index contributed by atoms with van der Waals surface area (Å²) in [6, 6.07) is 26.5. The zero-order valence-corrected chi connectivity index (χ0v) is 22.7. The monoisotopic (exact) mass is 483 g/mol. The van der Waals surface area contributed by atoms with E-state index in [1.165, 1.54) is 55.5 Å². The van der Waals surface area contributed by atoms with Crippen LogP contribution in [0.5, 0.6) is 0 Å². The Balaban J connectivity index is 1.29. The van der Waals surface area contributed by atoms with E-state index in [4.69, 9.17) is 0 Å². The molecule has 2 nitrogen and oxygen atoms in total. The Labute approximate surface area is 220 Å². The van der Waals surface area contributed by atoms with E-state index in [1.54, 1.807) is 0 Å². The summed E-state index contributed by atoms with van der Waals surface area (Å²) in [4.78, 5) is 2.35. The van der Waals surface area contributed by atoms with Crippen LogP contribution in [-0.4, -0.2) is 24.4 Å². The van der Waals surface area contributed by atoms with E-state index in [-0.39, 0.29) is 10.8 Å². The largest absolute Gasteiger partial charge is 0.347 e. The second-order valence-corrected chi connectivity index (χ2v) is 11.4. The molecule has 0 saturated heterocycles. The van der Waals surface area contributed by atoms with E-state index in [0.717, 1.165) is 0 Å². The van der Waals surface area contributed by atoms with Gasteiger partial charge >= 0.3 is 0 Å². The molecule has 0 fully saturated rings. The fraction of sp³-hybridized carbons (Fsp3) is 0.229. The zero-order valence-electron chi connectivity index (χ0n) is 22.7. The van der Waals surface area contributed by atoms with Gasteiger partial charge in [0.15, 0.2) is 5.71 Å². The van der Waals surface area contributed by atoms with Gasteiger partial charge < -0.3 is 4.90 Å². The van der Waals surface area contributed by atoms with Crippen molar-refractivity contribution in [3.05, 3.63) is 120 Å². The summed E-state index contributed by atoms with van der Waals surface area (Å²) in [5.41, 5.74) is 7.92. The van der Waals surface area contributed by atoms with Gasteiger partial charge in [-0.2, -0.15) is 4.58 Å². The molecule has 0 amide bonds.